The van der Waals surface area contributed by atoms with Crippen LogP contribution in [-0.4, -0.2) is 12.0 Å². The molecule has 0 aliphatic carbocycles. The molecule has 80 valence electrons. The molecule has 3 nitrogen and oxygen atoms in total. The van der Waals surface area contributed by atoms with Crippen LogP contribution in [0.5, 0.6) is 0 Å². The smallest absolute Gasteiger partial charge is 0.121 e. The van der Waals surface area contributed by atoms with Gasteiger partial charge in [-0.15, -0.1) is 11.3 Å². The van der Waals surface area contributed by atoms with E-state index in [0.29, 0.717) is 0 Å². The third-order valence-electron chi connectivity index (χ3n) is 2.31. The number of nitrogens with one attached hydrogen (secondary N) is 1. The number of nitrogens with zero attached hydrogens (tertiary/aromatic N) is 1. The second-order valence-electron chi connectivity index (χ2n) is 3.42. The molecule has 4 heteroatoms. The van der Waals surface area contributed by atoms with E-state index in [2.05, 4.69) is 15.7 Å². The number of hydrogen-bond donors (Lipinski definition) is 1. The lowest BCUT2D eigenvalue weighted by Gasteiger charge is -2.11. The Labute approximate surface area is 93.2 Å². The van der Waals surface area contributed by atoms with Crippen LogP contribution in [0.3, 0.4) is 0 Å². The Bertz CT molecular complexity index is 408. The van der Waals surface area contributed by atoms with E-state index in [4.69, 9.17) is 4.42 Å². The Morgan fingerprint density at radius 3 is 3.00 bits per heavy atom. The van der Waals surface area contributed by atoms with Crippen LogP contribution in [0.25, 0.3) is 0 Å². The van der Waals surface area contributed by atoms with Crippen molar-refractivity contribution in [3.63, 3.8) is 0 Å². The van der Waals surface area contributed by atoms with Gasteiger partial charge in [0, 0.05) is 11.8 Å². The Balaban J connectivity index is 2.09. The lowest BCUT2D eigenvalue weighted by Crippen LogP contribution is -2.18. The van der Waals surface area contributed by atoms with Crippen LogP contribution in [0.4, 0.5) is 0 Å². The lowest BCUT2D eigenvalue weighted by molar-refractivity contribution is 0.427. The molecular weight excluding hydrogens is 208 g/mol. The van der Waals surface area contributed by atoms with Gasteiger partial charge in [0.2, 0.25) is 0 Å². The number of aromatic nitrogens is 1. The van der Waals surface area contributed by atoms with Crippen molar-refractivity contribution >= 4 is 11.3 Å². The van der Waals surface area contributed by atoms with Crippen molar-refractivity contribution in [3.05, 3.63) is 40.2 Å². The van der Waals surface area contributed by atoms with E-state index in [1.165, 1.54) is 0 Å². The van der Waals surface area contributed by atoms with Gasteiger partial charge in [0.05, 0.1) is 23.0 Å². The predicted octanol–water partition coefficient (Wildman–Crippen LogP) is 2.55. The van der Waals surface area contributed by atoms with Crippen molar-refractivity contribution in [1.29, 1.82) is 0 Å². The van der Waals surface area contributed by atoms with E-state index in [1.54, 1.807) is 17.6 Å². The number of aryl methyl sites for hydroxylation is 1. The summed E-state index contributed by atoms with van der Waals surface area (Å²) in [5.74, 6) is 0.961. The van der Waals surface area contributed by atoms with Crippen LogP contribution in [0, 0.1) is 6.92 Å². The molecule has 0 bridgehead atoms. The summed E-state index contributed by atoms with van der Waals surface area (Å²) >= 11 is 1.68. The SMILES string of the molecule is CNC(Cc1csc(C)n1)c1ccco1. The summed E-state index contributed by atoms with van der Waals surface area (Å²) in [6.45, 7) is 2.02. The molecule has 0 saturated carbocycles. The summed E-state index contributed by atoms with van der Waals surface area (Å²) in [7, 11) is 1.94. The fraction of sp³-hybridized carbons (Fsp3) is 0.364. The third kappa shape index (κ3) is 2.46. The minimum atomic E-state index is 0.210. The van der Waals surface area contributed by atoms with Crippen molar-refractivity contribution in [2.45, 2.75) is 19.4 Å². The van der Waals surface area contributed by atoms with Crippen LogP contribution in [0.2, 0.25) is 0 Å². The zero-order valence-corrected chi connectivity index (χ0v) is 9.67. The van der Waals surface area contributed by atoms with Gasteiger partial charge in [-0.1, -0.05) is 0 Å². The van der Waals surface area contributed by atoms with E-state index in [1.807, 2.05) is 26.1 Å². The van der Waals surface area contributed by atoms with Gasteiger partial charge in [0.1, 0.15) is 5.76 Å². The average molecular weight is 222 g/mol. The fourth-order valence-electron chi connectivity index (χ4n) is 1.55. The number of rotatable bonds is 4. The summed E-state index contributed by atoms with van der Waals surface area (Å²) in [6, 6.07) is 4.10. The molecule has 1 atom stereocenters. The molecule has 1 N–H and O–H groups in total. The first kappa shape index (κ1) is 10.4. The summed E-state index contributed by atoms with van der Waals surface area (Å²) in [5, 5.41) is 6.44. The third-order valence-corrected chi connectivity index (χ3v) is 3.14. The van der Waals surface area contributed by atoms with E-state index < -0.39 is 0 Å². The summed E-state index contributed by atoms with van der Waals surface area (Å²) < 4.78 is 5.38. The van der Waals surface area contributed by atoms with Crippen LogP contribution in [-0.2, 0) is 6.42 Å². The van der Waals surface area contributed by atoms with E-state index in [0.717, 1.165) is 22.9 Å². The number of likely N-dealkylation sites (N-methyl/N-ethyl adjacent to an activating group) is 1. The molecule has 0 aliphatic rings. The van der Waals surface area contributed by atoms with E-state index in [-0.39, 0.29) is 6.04 Å². The highest BCUT2D eigenvalue weighted by Gasteiger charge is 2.13. The molecule has 0 radical (unpaired) electrons. The number of furan rings is 1. The minimum Gasteiger partial charge on any atom is -0.468 e. The Kier molecular flexibility index (Phi) is 3.18. The van der Waals surface area contributed by atoms with Gasteiger partial charge < -0.3 is 9.73 Å². The van der Waals surface area contributed by atoms with Gasteiger partial charge in [-0.25, -0.2) is 4.98 Å². The minimum absolute atomic E-state index is 0.210. The Morgan fingerprint density at radius 1 is 1.60 bits per heavy atom. The maximum absolute atomic E-state index is 5.38. The number of hydrogen-bond acceptors (Lipinski definition) is 4. The molecule has 2 heterocycles. The first-order valence-corrected chi connectivity index (χ1v) is 5.79. The van der Waals surface area contributed by atoms with Crippen LogP contribution in [0.1, 0.15) is 22.5 Å². The molecule has 0 amide bonds. The van der Waals surface area contributed by atoms with Crippen molar-refractivity contribution in [2.75, 3.05) is 7.05 Å². The molecule has 2 aromatic heterocycles. The standard InChI is InChI=1S/C11H14N2OS/c1-8-13-9(7-15-8)6-10(12-2)11-4-3-5-14-11/h3-5,7,10,12H,6H2,1-2H3. The molecule has 15 heavy (non-hydrogen) atoms. The van der Waals surface area contributed by atoms with Crippen molar-refractivity contribution in [3.8, 4) is 0 Å². The van der Waals surface area contributed by atoms with Gasteiger partial charge in [-0.3, -0.25) is 0 Å². The van der Waals surface area contributed by atoms with Gasteiger partial charge in [-0.05, 0) is 26.1 Å². The van der Waals surface area contributed by atoms with Crippen molar-refractivity contribution in [1.82, 2.24) is 10.3 Å². The quantitative estimate of drug-likeness (QED) is 0.864. The normalized spacial score (nSPS) is 12.9. The maximum Gasteiger partial charge on any atom is 0.121 e. The van der Waals surface area contributed by atoms with Gasteiger partial charge in [0.25, 0.3) is 0 Å². The monoisotopic (exact) mass is 222 g/mol. The van der Waals surface area contributed by atoms with Crippen LogP contribution in [0.15, 0.2) is 28.2 Å². The Hall–Kier alpha value is -1.13. The molecular formula is C11H14N2OS. The largest absolute Gasteiger partial charge is 0.468 e. The van der Waals surface area contributed by atoms with Gasteiger partial charge in [0.15, 0.2) is 0 Å². The molecule has 0 aromatic carbocycles. The first-order valence-electron chi connectivity index (χ1n) is 4.91. The zero-order chi connectivity index (χ0) is 10.7. The van der Waals surface area contributed by atoms with Crippen LogP contribution >= 0.6 is 11.3 Å². The maximum atomic E-state index is 5.38. The first-order chi connectivity index (χ1) is 7.29. The van der Waals surface area contributed by atoms with Gasteiger partial charge >= 0.3 is 0 Å². The van der Waals surface area contributed by atoms with E-state index >= 15 is 0 Å². The van der Waals surface area contributed by atoms with Crippen LogP contribution < -0.4 is 5.32 Å². The van der Waals surface area contributed by atoms with Crippen molar-refractivity contribution in [2.24, 2.45) is 0 Å². The predicted molar refractivity (Wildman–Crippen MR) is 61.1 cm³/mol. The van der Waals surface area contributed by atoms with E-state index in [9.17, 15) is 0 Å². The molecule has 0 aliphatic heterocycles. The Morgan fingerprint density at radius 2 is 2.47 bits per heavy atom. The highest BCUT2D eigenvalue weighted by molar-refractivity contribution is 7.09. The van der Waals surface area contributed by atoms with Gasteiger partial charge in [-0.2, -0.15) is 0 Å². The summed E-state index contributed by atoms with van der Waals surface area (Å²) in [6.07, 6.45) is 2.57. The number of thiazole rings is 1. The molecule has 0 spiro atoms. The summed E-state index contributed by atoms with van der Waals surface area (Å²) in [4.78, 5) is 4.45. The second kappa shape index (κ2) is 4.59. The molecule has 1 unspecified atom stereocenters. The molecule has 0 fully saturated rings. The topological polar surface area (TPSA) is 38.1 Å². The average Bonchev–Trinajstić information content (AvgIpc) is 2.85. The highest BCUT2D eigenvalue weighted by Crippen LogP contribution is 2.19. The zero-order valence-electron chi connectivity index (χ0n) is 8.86. The second-order valence-corrected chi connectivity index (χ2v) is 4.48. The molecule has 2 aromatic rings. The fourth-order valence-corrected chi connectivity index (χ4v) is 2.17. The highest BCUT2D eigenvalue weighted by atomic mass is 32.1. The summed E-state index contributed by atoms with van der Waals surface area (Å²) in [5.41, 5.74) is 1.12. The molecule has 0 saturated heterocycles. The van der Waals surface area contributed by atoms with Crippen molar-refractivity contribution < 1.29 is 4.42 Å². The molecule has 2 rings (SSSR count). The lowest BCUT2D eigenvalue weighted by atomic mass is 10.1.